The highest BCUT2D eigenvalue weighted by molar-refractivity contribution is 5.79. The molecule has 3 rings (SSSR count). The third-order valence-corrected chi connectivity index (χ3v) is 3.65. The molecule has 0 radical (unpaired) electrons. The summed E-state index contributed by atoms with van der Waals surface area (Å²) in [5, 5.41) is 10.2. The van der Waals surface area contributed by atoms with Crippen molar-refractivity contribution in [1.29, 1.82) is 0 Å². The summed E-state index contributed by atoms with van der Waals surface area (Å²) in [5.41, 5.74) is 4.36. The maximum absolute atomic E-state index is 10.2. The summed E-state index contributed by atoms with van der Waals surface area (Å²) in [4.78, 5) is 0. The molecule has 0 spiro atoms. The first-order valence-electron chi connectivity index (χ1n) is 6.30. The van der Waals surface area contributed by atoms with Crippen LogP contribution in [0.5, 0.6) is 17.2 Å². The summed E-state index contributed by atoms with van der Waals surface area (Å²) in [5.74, 6) is 1.84. The fourth-order valence-corrected chi connectivity index (χ4v) is 2.70. The number of rotatable bonds is 2. The van der Waals surface area contributed by atoms with Crippen LogP contribution in [0.4, 0.5) is 0 Å². The highest BCUT2D eigenvalue weighted by Crippen LogP contribution is 2.42. The van der Waals surface area contributed by atoms with E-state index in [0.29, 0.717) is 5.75 Å². The Balaban J connectivity index is 2.18. The first kappa shape index (κ1) is 11.9. The van der Waals surface area contributed by atoms with Crippen LogP contribution in [0, 0.1) is 0 Å². The van der Waals surface area contributed by atoms with E-state index in [1.807, 2.05) is 24.3 Å². The Labute approximate surface area is 112 Å². The lowest BCUT2D eigenvalue weighted by Crippen LogP contribution is -2.05. The summed E-state index contributed by atoms with van der Waals surface area (Å²) in [6.45, 7) is 0. The molecule has 3 heteroatoms. The van der Waals surface area contributed by atoms with Gasteiger partial charge in [0.25, 0.3) is 0 Å². The molecule has 0 unspecified atom stereocenters. The minimum absolute atomic E-state index is 0.278. The molecule has 0 aromatic heterocycles. The minimum Gasteiger partial charge on any atom is -0.507 e. The van der Waals surface area contributed by atoms with E-state index in [-0.39, 0.29) is 5.75 Å². The van der Waals surface area contributed by atoms with E-state index in [4.69, 9.17) is 9.47 Å². The highest BCUT2D eigenvalue weighted by Gasteiger charge is 2.20. The van der Waals surface area contributed by atoms with Gasteiger partial charge >= 0.3 is 0 Å². The predicted molar refractivity (Wildman–Crippen MR) is 74.1 cm³/mol. The van der Waals surface area contributed by atoms with Gasteiger partial charge in [-0.25, -0.2) is 0 Å². The van der Waals surface area contributed by atoms with Crippen molar-refractivity contribution in [2.24, 2.45) is 0 Å². The van der Waals surface area contributed by atoms with Gasteiger partial charge in [-0.05, 0) is 47.7 Å². The number of hydrogen-bond donors (Lipinski definition) is 1. The second kappa shape index (κ2) is 4.50. The number of aromatic hydroxyl groups is 1. The SMILES string of the molecule is COc1ccc2c(c1)CCc1cc(OC)cc(O)c1-2. The van der Waals surface area contributed by atoms with Gasteiger partial charge in [0.15, 0.2) is 0 Å². The quantitative estimate of drug-likeness (QED) is 0.897. The molecule has 1 aliphatic rings. The summed E-state index contributed by atoms with van der Waals surface area (Å²) in [6, 6.07) is 9.65. The van der Waals surface area contributed by atoms with Gasteiger partial charge in [-0.3, -0.25) is 0 Å². The highest BCUT2D eigenvalue weighted by atomic mass is 16.5. The lowest BCUT2D eigenvalue weighted by molar-refractivity contribution is 0.407. The third kappa shape index (κ3) is 1.91. The molecule has 0 saturated carbocycles. The molecule has 0 bridgehead atoms. The second-order valence-electron chi connectivity index (χ2n) is 4.70. The van der Waals surface area contributed by atoms with Crippen LogP contribution in [0.25, 0.3) is 11.1 Å². The van der Waals surface area contributed by atoms with E-state index in [1.165, 1.54) is 5.56 Å². The smallest absolute Gasteiger partial charge is 0.127 e. The number of aryl methyl sites for hydroxylation is 2. The standard InChI is InChI=1S/C16H16O3/c1-18-12-5-6-14-10(7-12)3-4-11-8-13(19-2)9-15(17)16(11)14/h5-9,17H,3-4H2,1-2H3. The number of fused-ring (bicyclic) bond motifs is 3. The average Bonchev–Trinajstić information content (AvgIpc) is 2.45. The van der Waals surface area contributed by atoms with E-state index in [1.54, 1.807) is 20.3 Å². The molecule has 2 aromatic carbocycles. The minimum atomic E-state index is 0.278. The Bertz CT molecular complexity index is 632. The van der Waals surface area contributed by atoms with E-state index < -0.39 is 0 Å². The summed E-state index contributed by atoms with van der Waals surface area (Å²) in [6.07, 6.45) is 1.85. The molecule has 0 saturated heterocycles. The Hall–Kier alpha value is -2.16. The molecule has 0 atom stereocenters. The van der Waals surface area contributed by atoms with Crippen molar-refractivity contribution >= 4 is 0 Å². The van der Waals surface area contributed by atoms with Gasteiger partial charge in [0.05, 0.1) is 14.2 Å². The van der Waals surface area contributed by atoms with Crippen LogP contribution in [-0.2, 0) is 12.8 Å². The Morgan fingerprint density at radius 3 is 2.32 bits per heavy atom. The molecule has 1 N–H and O–H groups in total. The molecular formula is C16H16O3. The summed E-state index contributed by atoms with van der Waals surface area (Å²) in [7, 11) is 3.28. The Morgan fingerprint density at radius 1 is 0.895 bits per heavy atom. The van der Waals surface area contributed by atoms with Gasteiger partial charge in [-0.15, -0.1) is 0 Å². The maximum Gasteiger partial charge on any atom is 0.127 e. The average molecular weight is 256 g/mol. The Morgan fingerprint density at radius 2 is 1.58 bits per heavy atom. The molecule has 0 amide bonds. The van der Waals surface area contributed by atoms with Crippen molar-refractivity contribution in [2.75, 3.05) is 14.2 Å². The van der Waals surface area contributed by atoms with Crippen LogP contribution >= 0.6 is 0 Å². The van der Waals surface area contributed by atoms with E-state index >= 15 is 0 Å². The molecule has 3 nitrogen and oxygen atoms in total. The van der Waals surface area contributed by atoms with Gasteiger partial charge in [-0.2, -0.15) is 0 Å². The molecule has 19 heavy (non-hydrogen) atoms. The largest absolute Gasteiger partial charge is 0.507 e. The molecule has 0 aliphatic heterocycles. The van der Waals surface area contributed by atoms with Crippen molar-refractivity contribution in [3.8, 4) is 28.4 Å². The first-order chi connectivity index (χ1) is 9.22. The van der Waals surface area contributed by atoms with Crippen LogP contribution in [0.15, 0.2) is 30.3 Å². The predicted octanol–water partition coefficient (Wildman–Crippen LogP) is 3.18. The summed E-state index contributed by atoms with van der Waals surface area (Å²) >= 11 is 0. The van der Waals surface area contributed by atoms with Crippen molar-refractivity contribution in [2.45, 2.75) is 12.8 Å². The number of hydrogen-bond acceptors (Lipinski definition) is 3. The molecule has 0 fully saturated rings. The van der Waals surface area contributed by atoms with E-state index in [2.05, 4.69) is 0 Å². The number of ether oxygens (including phenoxy) is 2. The zero-order valence-corrected chi connectivity index (χ0v) is 11.1. The lowest BCUT2D eigenvalue weighted by atomic mass is 9.85. The molecule has 1 aliphatic carbocycles. The number of phenolic OH excluding ortho intramolecular Hbond substituents is 1. The zero-order valence-electron chi connectivity index (χ0n) is 11.1. The van der Waals surface area contributed by atoms with Crippen LogP contribution < -0.4 is 9.47 Å². The van der Waals surface area contributed by atoms with Gasteiger partial charge in [0.2, 0.25) is 0 Å². The monoisotopic (exact) mass is 256 g/mol. The third-order valence-electron chi connectivity index (χ3n) is 3.65. The first-order valence-corrected chi connectivity index (χ1v) is 6.30. The van der Waals surface area contributed by atoms with E-state index in [9.17, 15) is 5.11 Å². The topological polar surface area (TPSA) is 38.7 Å². The van der Waals surface area contributed by atoms with Crippen molar-refractivity contribution < 1.29 is 14.6 Å². The van der Waals surface area contributed by atoms with Crippen molar-refractivity contribution in [3.63, 3.8) is 0 Å². The fourth-order valence-electron chi connectivity index (χ4n) is 2.70. The van der Waals surface area contributed by atoms with Crippen molar-refractivity contribution in [1.82, 2.24) is 0 Å². The zero-order chi connectivity index (χ0) is 13.4. The number of methoxy groups -OCH3 is 2. The Kier molecular flexibility index (Phi) is 2.82. The molecular weight excluding hydrogens is 240 g/mol. The molecule has 98 valence electrons. The van der Waals surface area contributed by atoms with Gasteiger partial charge in [-0.1, -0.05) is 6.07 Å². The lowest BCUT2D eigenvalue weighted by Gasteiger charge is -2.22. The fraction of sp³-hybridized carbons (Fsp3) is 0.250. The molecule has 2 aromatic rings. The van der Waals surface area contributed by atoms with Gasteiger partial charge < -0.3 is 14.6 Å². The maximum atomic E-state index is 10.2. The van der Waals surface area contributed by atoms with Gasteiger partial charge in [0.1, 0.15) is 17.2 Å². The summed E-state index contributed by atoms with van der Waals surface area (Å²) < 4.78 is 10.5. The number of phenols is 1. The molecule has 0 heterocycles. The van der Waals surface area contributed by atoms with E-state index in [0.717, 1.165) is 35.3 Å². The second-order valence-corrected chi connectivity index (χ2v) is 4.70. The number of benzene rings is 2. The van der Waals surface area contributed by atoms with Gasteiger partial charge in [0, 0.05) is 11.6 Å². The van der Waals surface area contributed by atoms with Crippen molar-refractivity contribution in [3.05, 3.63) is 41.5 Å². The normalized spacial score (nSPS) is 12.5. The van der Waals surface area contributed by atoms with Crippen LogP contribution in [0.3, 0.4) is 0 Å². The van der Waals surface area contributed by atoms with Crippen LogP contribution in [0.1, 0.15) is 11.1 Å². The van der Waals surface area contributed by atoms with Crippen LogP contribution in [-0.4, -0.2) is 19.3 Å². The van der Waals surface area contributed by atoms with Crippen LogP contribution in [0.2, 0.25) is 0 Å².